The molecule has 2 aromatic carbocycles. The van der Waals surface area contributed by atoms with Crippen LogP contribution in [0.5, 0.6) is 0 Å². The predicted octanol–water partition coefficient (Wildman–Crippen LogP) is 3.51. The summed E-state index contributed by atoms with van der Waals surface area (Å²) in [6, 6.07) is 14.8. The Kier molecular flexibility index (Phi) is 6.55. The average molecular weight is 418 g/mol. The molecule has 3 aromatic rings. The second kappa shape index (κ2) is 9.69. The highest BCUT2D eigenvalue weighted by Gasteiger charge is 2.22. The number of benzene rings is 2. The lowest BCUT2D eigenvalue weighted by Crippen LogP contribution is -2.39. The van der Waals surface area contributed by atoms with Gasteiger partial charge in [0.05, 0.1) is 0 Å². The second-order valence-corrected chi connectivity index (χ2v) is 8.16. The van der Waals surface area contributed by atoms with Crippen LogP contribution in [0.2, 0.25) is 0 Å². The fourth-order valence-corrected chi connectivity index (χ4v) is 4.16. The van der Waals surface area contributed by atoms with Crippen molar-refractivity contribution in [2.75, 3.05) is 20.1 Å². The molecule has 0 saturated heterocycles. The van der Waals surface area contributed by atoms with Gasteiger partial charge in [-0.1, -0.05) is 36.4 Å². The Morgan fingerprint density at radius 2 is 1.84 bits per heavy atom. The van der Waals surface area contributed by atoms with Crippen LogP contribution in [0.3, 0.4) is 0 Å². The molecule has 6 heteroatoms. The van der Waals surface area contributed by atoms with Crippen molar-refractivity contribution < 1.29 is 4.79 Å². The summed E-state index contributed by atoms with van der Waals surface area (Å²) in [6.45, 7) is 5.09. The molecule has 1 aromatic heterocycles. The second-order valence-electron chi connectivity index (χ2n) is 8.16. The number of aliphatic imine (C=N–C) groups is 1. The third kappa shape index (κ3) is 5.08. The van der Waals surface area contributed by atoms with Crippen molar-refractivity contribution in [1.29, 1.82) is 0 Å². The summed E-state index contributed by atoms with van der Waals surface area (Å²) in [5.41, 5.74) is 6.28. The number of fused-ring (bicyclic) bond motifs is 2. The van der Waals surface area contributed by atoms with Crippen molar-refractivity contribution in [3.63, 3.8) is 0 Å². The van der Waals surface area contributed by atoms with E-state index in [2.05, 4.69) is 64.1 Å². The molecule has 0 radical (unpaired) electrons. The van der Waals surface area contributed by atoms with Gasteiger partial charge in [0.25, 0.3) is 0 Å². The summed E-state index contributed by atoms with van der Waals surface area (Å²) in [5, 5.41) is 7.96. The van der Waals surface area contributed by atoms with Crippen molar-refractivity contribution in [2.24, 2.45) is 4.99 Å². The lowest BCUT2D eigenvalue weighted by atomic mass is 10.1. The summed E-state index contributed by atoms with van der Waals surface area (Å²) in [5.74, 6) is 0.993. The van der Waals surface area contributed by atoms with Crippen molar-refractivity contribution in [3.05, 3.63) is 70.9 Å². The number of aromatic amines is 1. The van der Waals surface area contributed by atoms with Crippen molar-refractivity contribution in [3.8, 4) is 0 Å². The van der Waals surface area contributed by atoms with Gasteiger partial charge in [-0.2, -0.15) is 0 Å². The van der Waals surface area contributed by atoms with Crippen LogP contribution < -0.4 is 10.6 Å². The number of rotatable bonds is 7. The molecular formula is C25H31N5O. The number of hydrogen-bond donors (Lipinski definition) is 3. The van der Waals surface area contributed by atoms with E-state index in [1.807, 2.05) is 17.0 Å². The number of carbonyl (C=O) groups excluding carboxylic acids is 1. The zero-order valence-corrected chi connectivity index (χ0v) is 18.4. The molecule has 4 rings (SSSR count). The van der Waals surface area contributed by atoms with Crippen LogP contribution in [-0.4, -0.2) is 41.9 Å². The zero-order valence-electron chi connectivity index (χ0n) is 18.4. The largest absolute Gasteiger partial charge is 0.361 e. The SMILES string of the molecule is CN=C(NCCCC(=O)N1Cc2ccccc2C1)NCCc1c[nH]c2cc(C)ccc12. The molecule has 0 saturated carbocycles. The molecule has 3 N–H and O–H groups in total. The van der Waals surface area contributed by atoms with E-state index >= 15 is 0 Å². The molecule has 0 unspecified atom stereocenters. The molecule has 1 aliphatic rings. The van der Waals surface area contributed by atoms with E-state index in [1.165, 1.54) is 33.2 Å². The van der Waals surface area contributed by atoms with Gasteiger partial charge >= 0.3 is 0 Å². The molecule has 0 bridgehead atoms. The van der Waals surface area contributed by atoms with E-state index in [-0.39, 0.29) is 5.91 Å². The highest BCUT2D eigenvalue weighted by Crippen LogP contribution is 2.23. The van der Waals surface area contributed by atoms with Gasteiger partial charge in [0.15, 0.2) is 5.96 Å². The molecule has 162 valence electrons. The molecule has 2 heterocycles. The normalized spacial score (nSPS) is 13.5. The van der Waals surface area contributed by atoms with Crippen LogP contribution >= 0.6 is 0 Å². The van der Waals surface area contributed by atoms with Crippen molar-refractivity contribution in [1.82, 2.24) is 20.5 Å². The van der Waals surface area contributed by atoms with Gasteiger partial charge in [-0.15, -0.1) is 0 Å². The Bertz CT molecular complexity index is 1060. The summed E-state index contributed by atoms with van der Waals surface area (Å²) in [4.78, 5) is 22.1. The first kappa shape index (κ1) is 21.0. The van der Waals surface area contributed by atoms with Gasteiger partial charge in [-0.25, -0.2) is 0 Å². The minimum atomic E-state index is 0.218. The summed E-state index contributed by atoms with van der Waals surface area (Å²) < 4.78 is 0. The molecule has 1 aliphatic heterocycles. The van der Waals surface area contributed by atoms with Crippen LogP contribution in [0.15, 0.2) is 53.7 Å². The van der Waals surface area contributed by atoms with Gasteiger partial charge in [-0.05, 0) is 48.1 Å². The van der Waals surface area contributed by atoms with E-state index in [0.29, 0.717) is 6.42 Å². The number of aromatic nitrogens is 1. The zero-order chi connectivity index (χ0) is 21.6. The summed E-state index contributed by atoms with van der Waals surface area (Å²) >= 11 is 0. The Hall–Kier alpha value is -3.28. The monoisotopic (exact) mass is 417 g/mol. The quantitative estimate of drug-likeness (QED) is 0.313. The van der Waals surface area contributed by atoms with E-state index in [0.717, 1.165) is 45.0 Å². The minimum absolute atomic E-state index is 0.218. The molecule has 0 spiro atoms. The number of H-pyrrole nitrogens is 1. The Morgan fingerprint density at radius 1 is 1.10 bits per heavy atom. The Balaban J connectivity index is 1.16. The summed E-state index contributed by atoms with van der Waals surface area (Å²) in [7, 11) is 1.77. The van der Waals surface area contributed by atoms with Crippen molar-refractivity contribution >= 4 is 22.8 Å². The van der Waals surface area contributed by atoms with Crippen LogP contribution in [-0.2, 0) is 24.3 Å². The Morgan fingerprint density at radius 3 is 2.58 bits per heavy atom. The number of nitrogens with zero attached hydrogens (tertiary/aromatic N) is 2. The maximum Gasteiger partial charge on any atom is 0.223 e. The fraction of sp³-hybridized carbons (Fsp3) is 0.360. The van der Waals surface area contributed by atoms with E-state index in [4.69, 9.17) is 0 Å². The van der Waals surface area contributed by atoms with Gasteiger partial charge in [-0.3, -0.25) is 9.79 Å². The molecule has 0 aliphatic carbocycles. The molecular weight excluding hydrogens is 386 g/mol. The minimum Gasteiger partial charge on any atom is -0.361 e. The van der Waals surface area contributed by atoms with E-state index < -0.39 is 0 Å². The van der Waals surface area contributed by atoms with Crippen LogP contribution in [0, 0.1) is 6.92 Å². The molecule has 6 nitrogen and oxygen atoms in total. The van der Waals surface area contributed by atoms with Gasteiger partial charge in [0.1, 0.15) is 0 Å². The highest BCUT2D eigenvalue weighted by atomic mass is 16.2. The predicted molar refractivity (Wildman–Crippen MR) is 126 cm³/mol. The first-order chi connectivity index (χ1) is 15.1. The lowest BCUT2D eigenvalue weighted by molar-refractivity contribution is -0.131. The molecule has 1 amide bonds. The van der Waals surface area contributed by atoms with Crippen LogP contribution in [0.25, 0.3) is 10.9 Å². The maximum atomic E-state index is 12.5. The van der Waals surface area contributed by atoms with Crippen LogP contribution in [0.4, 0.5) is 0 Å². The Labute approximate surface area is 183 Å². The van der Waals surface area contributed by atoms with Gasteiger partial charge < -0.3 is 20.5 Å². The molecule has 0 fully saturated rings. The van der Waals surface area contributed by atoms with Gasteiger partial charge in [0.2, 0.25) is 5.91 Å². The van der Waals surface area contributed by atoms with E-state index in [9.17, 15) is 4.79 Å². The third-order valence-corrected chi connectivity index (χ3v) is 5.89. The third-order valence-electron chi connectivity index (χ3n) is 5.89. The van der Waals surface area contributed by atoms with E-state index in [1.54, 1.807) is 7.05 Å². The molecule has 31 heavy (non-hydrogen) atoms. The van der Waals surface area contributed by atoms with Gasteiger partial charge in [0, 0.05) is 56.7 Å². The number of nitrogens with one attached hydrogen (secondary N) is 3. The summed E-state index contributed by atoms with van der Waals surface area (Å²) in [6.07, 6.45) is 4.34. The standard InChI is InChI=1S/C25H31N5O/c1-18-9-10-22-19(15-29-23(22)14-18)11-13-28-25(26-2)27-12-5-8-24(31)30-16-20-6-3-4-7-21(20)17-30/h3-4,6-7,9-10,14-15,29H,5,8,11-13,16-17H2,1-2H3,(H2,26,27,28). The van der Waals surface area contributed by atoms with Crippen LogP contribution in [0.1, 0.15) is 35.1 Å². The lowest BCUT2D eigenvalue weighted by Gasteiger charge is -2.16. The first-order valence-corrected chi connectivity index (χ1v) is 11.0. The number of amides is 1. The highest BCUT2D eigenvalue weighted by molar-refractivity contribution is 5.84. The average Bonchev–Trinajstić information content (AvgIpc) is 3.39. The smallest absolute Gasteiger partial charge is 0.223 e. The fourth-order valence-electron chi connectivity index (χ4n) is 4.16. The van der Waals surface area contributed by atoms with Crippen molar-refractivity contribution in [2.45, 2.75) is 39.3 Å². The molecule has 0 atom stereocenters. The first-order valence-electron chi connectivity index (χ1n) is 11.0. The topological polar surface area (TPSA) is 72.5 Å². The number of hydrogen-bond acceptors (Lipinski definition) is 2. The number of guanidine groups is 1. The number of aryl methyl sites for hydroxylation is 1. The maximum absolute atomic E-state index is 12.5. The number of carbonyl (C=O) groups is 1.